The second-order valence-corrected chi connectivity index (χ2v) is 4.42. The summed E-state index contributed by atoms with van der Waals surface area (Å²) >= 11 is 0. The Morgan fingerprint density at radius 2 is 1.81 bits per heavy atom. The molecule has 1 aromatic heterocycles. The summed E-state index contributed by atoms with van der Waals surface area (Å²) in [5, 5.41) is 0. The molecular formula is C14H19NO6. The Morgan fingerprint density at radius 1 is 1.19 bits per heavy atom. The first-order valence-corrected chi connectivity index (χ1v) is 6.48. The van der Waals surface area contributed by atoms with Crippen molar-refractivity contribution >= 4 is 17.9 Å². The van der Waals surface area contributed by atoms with Gasteiger partial charge >= 0.3 is 17.9 Å². The Balaban J connectivity index is 2.99. The summed E-state index contributed by atoms with van der Waals surface area (Å²) < 4.78 is 14.4. The Morgan fingerprint density at radius 3 is 2.33 bits per heavy atom. The summed E-state index contributed by atoms with van der Waals surface area (Å²) in [6, 6.07) is 0. The third kappa shape index (κ3) is 3.62. The summed E-state index contributed by atoms with van der Waals surface area (Å²) in [5.41, 5.74) is 1.34. The van der Waals surface area contributed by atoms with Gasteiger partial charge < -0.3 is 19.2 Å². The van der Waals surface area contributed by atoms with Gasteiger partial charge in [0, 0.05) is 5.69 Å². The molecule has 0 saturated carbocycles. The minimum atomic E-state index is -1.03. The number of rotatable bonds is 5. The van der Waals surface area contributed by atoms with E-state index in [1.807, 2.05) is 0 Å². The van der Waals surface area contributed by atoms with Crippen molar-refractivity contribution in [3.8, 4) is 0 Å². The number of aromatic nitrogens is 1. The zero-order chi connectivity index (χ0) is 16.2. The average molecular weight is 297 g/mol. The summed E-state index contributed by atoms with van der Waals surface area (Å²) in [5.74, 6) is -1.90. The van der Waals surface area contributed by atoms with E-state index in [2.05, 4.69) is 9.72 Å². The van der Waals surface area contributed by atoms with Gasteiger partial charge in [0.05, 0.1) is 19.3 Å². The first-order chi connectivity index (χ1) is 9.83. The second-order valence-electron chi connectivity index (χ2n) is 4.42. The van der Waals surface area contributed by atoms with E-state index in [1.54, 1.807) is 20.8 Å². The number of nitrogens with one attached hydrogen (secondary N) is 1. The molecule has 0 unspecified atom stereocenters. The number of aromatic amines is 1. The van der Waals surface area contributed by atoms with Crippen LogP contribution in [0.4, 0.5) is 0 Å². The lowest BCUT2D eigenvalue weighted by molar-refractivity contribution is -0.149. The molecule has 0 aliphatic heterocycles. The van der Waals surface area contributed by atoms with E-state index < -0.39 is 24.0 Å². The van der Waals surface area contributed by atoms with Crippen LogP contribution in [0.2, 0.25) is 0 Å². The molecule has 7 nitrogen and oxygen atoms in total. The van der Waals surface area contributed by atoms with Gasteiger partial charge in [-0.2, -0.15) is 0 Å². The summed E-state index contributed by atoms with van der Waals surface area (Å²) in [6.07, 6.45) is -1.03. The molecule has 0 saturated heterocycles. The predicted molar refractivity (Wildman–Crippen MR) is 73.1 cm³/mol. The molecule has 1 heterocycles. The maximum atomic E-state index is 12.0. The Kier molecular flexibility index (Phi) is 5.52. The lowest BCUT2D eigenvalue weighted by atomic mass is 10.1. The van der Waals surface area contributed by atoms with Gasteiger partial charge in [-0.3, -0.25) is 0 Å². The van der Waals surface area contributed by atoms with Crippen molar-refractivity contribution in [3.63, 3.8) is 0 Å². The van der Waals surface area contributed by atoms with E-state index >= 15 is 0 Å². The Labute approximate surface area is 122 Å². The largest absolute Gasteiger partial charge is 0.466 e. The molecule has 1 atom stereocenters. The van der Waals surface area contributed by atoms with Gasteiger partial charge in [-0.25, -0.2) is 14.4 Å². The number of aryl methyl sites for hydroxylation is 1. The van der Waals surface area contributed by atoms with Crippen LogP contribution in [-0.4, -0.2) is 42.7 Å². The Hall–Kier alpha value is -2.31. The van der Waals surface area contributed by atoms with E-state index in [9.17, 15) is 14.4 Å². The zero-order valence-electron chi connectivity index (χ0n) is 12.7. The molecule has 1 aromatic rings. The molecule has 21 heavy (non-hydrogen) atoms. The molecule has 0 fully saturated rings. The summed E-state index contributed by atoms with van der Waals surface area (Å²) in [7, 11) is 1.20. The van der Waals surface area contributed by atoms with E-state index in [0.29, 0.717) is 16.8 Å². The minimum absolute atomic E-state index is 0.117. The van der Waals surface area contributed by atoms with E-state index in [4.69, 9.17) is 9.47 Å². The molecule has 1 rings (SSSR count). The molecule has 1 N–H and O–H groups in total. The van der Waals surface area contributed by atoms with Crippen LogP contribution < -0.4 is 0 Å². The third-order valence-electron chi connectivity index (χ3n) is 2.94. The fraction of sp³-hybridized carbons (Fsp3) is 0.500. The van der Waals surface area contributed by atoms with E-state index in [-0.39, 0.29) is 12.3 Å². The molecule has 0 aromatic carbocycles. The highest BCUT2D eigenvalue weighted by atomic mass is 16.6. The quantitative estimate of drug-likeness (QED) is 0.654. The summed E-state index contributed by atoms with van der Waals surface area (Å²) in [6.45, 7) is 6.60. The first kappa shape index (κ1) is 16.7. The highest BCUT2D eigenvalue weighted by molar-refractivity contribution is 5.99. The molecule has 0 amide bonds. The van der Waals surface area contributed by atoms with Crippen molar-refractivity contribution in [1.29, 1.82) is 0 Å². The van der Waals surface area contributed by atoms with Crippen molar-refractivity contribution in [3.05, 3.63) is 22.5 Å². The van der Waals surface area contributed by atoms with Gasteiger partial charge in [0.15, 0.2) is 6.10 Å². The maximum absolute atomic E-state index is 12.0. The number of methoxy groups -OCH3 is 1. The van der Waals surface area contributed by atoms with Crippen LogP contribution in [0.25, 0.3) is 0 Å². The average Bonchev–Trinajstić information content (AvgIpc) is 2.73. The molecular weight excluding hydrogens is 278 g/mol. The van der Waals surface area contributed by atoms with Gasteiger partial charge in [0.1, 0.15) is 5.69 Å². The number of carbonyl (C=O) groups is 3. The number of H-pyrrole nitrogens is 1. The normalized spacial score (nSPS) is 11.7. The second kappa shape index (κ2) is 6.92. The SMILES string of the molecule is CCOC(=O)c1c(C)[nH]c(C(=O)O[C@@H](C)C(=O)OC)c1C. The lowest BCUT2D eigenvalue weighted by Crippen LogP contribution is -2.25. The zero-order valence-corrected chi connectivity index (χ0v) is 12.7. The molecule has 7 heteroatoms. The smallest absolute Gasteiger partial charge is 0.355 e. The van der Waals surface area contributed by atoms with Crippen molar-refractivity contribution in [2.24, 2.45) is 0 Å². The van der Waals surface area contributed by atoms with Crippen molar-refractivity contribution in [1.82, 2.24) is 4.98 Å². The van der Waals surface area contributed by atoms with Gasteiger partial charge in [0.25, 0.3) is 0 Å². The third-order valence-corrected chi connectivity index (χ3v) is 2.94. The molecule has 116 valence electrons. The Bertz CT molecular complexity index is 560. The van der Waals surface area contributed by atoms with Crippen LogP contribution in [0, 0.1) is 13.8 Å². The van der Waals surface area contributed by atoms with Crippen LogP contribution in [0.3, 0.4) is 0 Å². The molecule has 0 radical (unpaired) electrons. The predicted octanol–water partition coefficient (Wildman–Crippen LogP) is 1.53. The highest BCUT2D eigenvalue weighted by Gasteiger charge is 2.26. The number of hydrogen-bond donors (Lipinski definition) is 1. The highest BCUT2D eigenvalue weighted by Crippen LogP contribution is 2.20. The molecule has 0 aliphatic carbocycles. The maximum Gasteiger partial charge on any atom is 0.355 e. The van der Waals surface area contributed by atoms with Gasteiger partial charge in [-0.05, 0) is 33.3 Å². The van der Waals surface area contributed by atoms with Crippen molar-refractivity contribution in [2.45, 2.75) is 33.8 Å². The number of carbonyl (C=O) groups excluding carboxylic acids is 3. The fourth-order valence-electron chi connectivity index (χ4n) is 1.90. The number of esters is 3. The van der Waals surface area contributed by atoms with Crippen molar-refractivity contribution < 1.29 is 28.6 Å². The van der Waals surface area contributed by atoms with Crippen molar-refractivity contribution in [2.75, 3.05) is 13.7 Å². The van der Waals surface area contributed by atoms with Gasteiger partial charge in [-0.15, -0.1) is 0 Å². The van der Waals surface area contributed by atoms with Gasteiger partial charge in [-0.1, -0.05) is 0 Å². The lowest BCUT2D eigenvalue weighted by Gasteiger charge is -2.10. The van der Waals surface area contributed by atoms with E-state index in [1.165, 1.54) is 14.0 Å². The monoisotopic (exact) mass is 297 g/mol. The van der Waals surface area contributed by atoms with Crippen LogP contribution in [0.1, 0.15) is 46.0 Å². The first-order valence-electron chi connectivity index (χ1n) is 6.48. The molecule has 0 spiro atoms. The van der Waals surface area contributed by atoms with Crippen LogP contribution in [-0.2, 0) is 19.0 Å². The van der Waals surface area contributed by atoms with Gasteiger partial charge in [0.2, 0.25) is 0 Å². The fourth-order valence-corrected chi connectivity index (χ4v) is 1.90. The molecule has 0 bridgehead atoms. The van der Waals surface area contributed by atoms with Crippen LogP contribution in [0.5, 0.6) is 0 Å². The van der Waals surface area contributed by atoms with Crippen LogP contribution >= 0.6 is 0 Å². The van der Waals surface area contributed by atoms with E-state index in [0.717, 1.165) is 0 Å². The standard InChI is InChI=1S/C14H19NO6/c1-6-20-13(17)10-7(2)11(15-8(10)3)14(18)21-9(4)12(16)19-5/h9,15H,6H2,1-5H3/t9-/m0/s1. The molecule has 0 aliphatic rings. The minimum Gasteiger partial charge on any atom is -0.466 e. The summed E-state index contributed by atoms with van der Waals surface area (Å²) in [4.78, 5) is 37.9. The number of hydrogen-bond acceptors (Lipinski definition) is 6. The van der Waals surface area contributed by atoms with Crippen LogP contribution in [0.15, 0.2) is 0 Å². The number of ether oxygens (including phenoxy) is 3. The topological polar surface area (TPSA) is 94.7 Å².